The predicted molar refractivity (Wildman–Crippen MR) is 49.6 cm³/mol. The van der Waals surface area contributed by atoms with Gasteiger partial charge in [-0.3, -0.25) is 9.00 Å². The van der Waals surface area contributed by atoms with Gasteiger partial charge in [0, 0.05) is 22.3 Å². The fraction of sp³-hybridized carbons (Fsp3) is 0.875. The van der Waals surface area contributed by atoms with Gasteiger partial charge in [0.2, 0.25) is 0 Å². The van der Waals surface area contributed by atoms with Crippen LogP contribution in [0.4, 0.5) is 0 Å². The summed E-state index contributed by atoms with van der Waals surface area (Å²) in [6.45, 7) is 4.07. The molecule has 0 aromatic rings. The van der Waals surface area contributed by atoms with Crippen LogP contribution in [0.1, 0.15) is 26.7 Å². The summed E-state index contributed by atoms with van der Waals surface area (Å²) in [5.74, 6) is 0.482. The van der Waals surface area contributed by atoms with Crippen LogP contribution in [0.5, 0.6) is 0 Å². The lowest BCUT2D eigenvalue weighted by Gasteiger charge is -2.06. The summed E-state index contributed by atoms with van der Waals surface area (Å²) < 4.78 is 11.2. The van der Waals surface area contributed by atoms with E-state index in [2.05, 4.69) is 0 Å². The van der Waals surface area contributed by atoms with Crippen LogP contribution in [-0.4, -0.2) is 26.8 Å². The maximum Gasteiger partial charge on any atom is 0.304 e. The van der Waals surface area contributed by atoms with E-state index < -0.39 is 16.8 Å². The minimum Gasteiger partial charge on any atom is -0.481 e. The van der Waals surface area contributed by atoms with E-state index in [1.54, 1.807) is 0 Å². The molecular weight excluding hydrogens is 176 g/mol. The summed E-state index contributed by atoms with van der Waals surface area (Å²) in [7, 11) is -0.951. The maximum absolute atomic E-state index is 11.2. The summed E-state index contributed by atoms with van der Waals surface area (Å²) in [5, 5.41) is 8.32. The number of hydrogen-bond acceptors (Lipinski definition) is 2. The molecule has 72 valence electrons. The molecule has 0 amide bonds. The summed E-state index contributed by atoms with van der Waals surface area (Å²) in [6, 6.07) is 0. The van der Waals surface area contributed by atoms with Crippen LogP contribution in [0, 0.1) is 5.92 Å². The summed E-state index contributed by atoms with van der Waals surface area (Å²) in [4.78, 5) is 10.1. The Kier molecular flexibility index (Phi) is 5.98. The molecule has 0 spiro atoms. The first kappa shape index (κ1) is 11.6. The molecule has 0 radical (unpaired) electrons. The highest BCUT2D eigenvalue weighted by Crippen LogP contribution is 2.03. The van der Waals surface area contributed by atoms with Crippen LogP contribution in [0.15, 0.2) is 0 Å². The van der Waals surface area contributed by atoms with E-state index in [9.17, 15) is 9.00 Å². The maximum atomic E-state index is 11.2. The Morgan fingerprint density at radius 2 is 2.17 bits per heavy atom. The van der Waals surface area contributed by atoms with Crippen molar-refractivity contribution < 1.29 is 14.1 Å². The predicted octanol–water partition coefficient (Wildman–Crippen LogP) is 1.26. The molecule has 12 heavy (non-hydrogen) atoms. The Bertz CT molecular complexity index is 168. The zero-order valence-corrected chi connectivity index (χ0v) is 8.39. The van der Waals surface area contributed by atoms with Crippen LogP contribution in [0.2, 0.25) is 0 Å². The molecule has 2 atom stereocenters. The van der Waals surface area contributed by atoms with E-state index >= 15 is 0 Å². The highest BCUT2D eigenvalue weighted by molar-refractivity contribution is 7.85. The van der Waals surface area contributed by atoms with Crippen LogP contribution in [0.3, 0.4) is 0 Å². The highest BCUT2D eigenvalue weighted by atomic mass is 32.2. The molecule has 1 N–H and O–H groups in total. The van der Waals surface area contributed by atoms with Gasteiger partial charge in [0.1, 0.15) is 0 Å². The van der Waals surface area contributed by atoms with Gasteiger partial charge in [-0.05, 0) is 5.92 Å². The van der Waals surface area contributed by atoms with Crippen molar-refractivity contribution >= 4 is 16.8 Å². The van der Waals surface area contributed by atoms with Crippen LogP contribution in [-0.2, 0) is 15.6 Å². The zero-order valence-electron chi connectivity index (χ0n) is 7.58. The Labute approximate surface area is 75.6 Å². The number of carbonyl (C=O) groups is 1. The molecule has 0 aromatic carbocycles. The number of aliphatic carboxylic acids is 1. The fourth-order valence-electron chi connectivity index (χ4n) is 0.720. The number of rotatable bonds is 6. The van der Waals surface area contributed by atoms with Crippen molar-refractivity contribution in [1.29, 1.82) is 0 Å². The molecular formula is C8H16O3S. The molecule has 0 heterocycles. The molecule has 0 aliphatic carbocycles. The van der Waals surface area contributed by atoms with Gasteiger partial charge in [0.15, 0.2) is 0 Å². The van der Waals surface area contributed by atoms with Gasteiger partial charge in [-0.1, -0.05) is 20.3 Å². The van der Waals surface area contributed by atoms with Crippen LogP contribution in [0.25, 0.3) is 0 Å². The Morgan fingerprint density at radius 1 is 1.58 bits per heavy atom. The summed E-state index contributed by atoms with van der Waals surface area (Å²) in [5.41, 5.74) is 0. The minimum absolute atomic E-state index is 0.0169. The van der Waals surface area contributed by atoms with Gasteiger partial charge in [-0.15, -0.1) is 0 Å². The number of carboxylic acid groups (broad SMARTS) is 1. The quantitative estimate of drug-likeness (QED) is 0.689. The van der Waals surface area contributed by atoms with Crippen molar-refractivity contribution in [2.24, 2.45) is 5.92 Å². The monoisotopic (exact) mass is 192 g/mol. The average molecular weight is 192 g/mol. The van der Waals surface area contributed by atoms with Gasteiger partial charge in [0.25, 0.3) is 0 Å². The van der Waals surface area contributed by atoms with Crippen molar-refractivity contribution in [3.05, 3.63) is 0 Å². The third-order valence-corrected chi connectivity index (χ3v) is 3.31. The van der Waals surface area contributed by atoms with Crippen molar-refractivity contribution in [3.63, 3.8) is 0 Å². The second kappa shape index (κ2) is 6.17. The summed E-state index contributed by atoms with van der Waals surface area (Å²) in [6.07, 6.45) is 1.02. The Balaban J connectivity index is 3.53. The standard InChI is InChI=1S/C8H16O3S/c1-3-7(2)6-12(11)5-4-8(9)10/h7H,3-6H2,1-2H3,(H,9,10). The van der Waals surface area contributed by atoms with E-state index in [-0.39, 0.29) is 6.42 Å². The molecule has 0 saturated carbocycles. The molecule has 0 aromatic heterocycles. The second-order valence-corrected chi connectivity index (χ2v) is 4.59. The zero-order chi connectivity index (χ0) is 9.56. The van der Waals surface area contributed by atoms with Crippen LogP contribution >= 0.6 is 0 Å². The van der Waals surface area contributed by atoms with Crippen molar-refractivity contribution in [2.75, 3.05) is 11.5 Å². The third-order valence-electron chi connectivity index (χ3n) is 1.71. The van der Waals surface area contributed by atoms with Crippen molar-refractivity contribution in [1.82, 2.24) is 0 Å². The molecule has 0 rings (SSSR count). The van der Waals surface area contributed by atoms with E-state index in [1.807, 2.05) is 13.8 Å². The first-order chi connectivity index (χ1) is 5.56. The summed E-state index contributed by atoms with van der Waals surface area (Å²) >= 11 is 0. The minimum atomic E-state index is -0.951. The SMILES string of the molecule is CCC(C)CS(=O)CCC(=O)O. The van der Waals surface area contributed by atoms with E-state index in [0.29, 0.717) is 17.4 Å². The molecule has 0 aliphatic rings. The van der Waals surface area contributed by atoms with Gasteiger partial charge in [0.05, 0.1) is 6.42 Å². The third kappa shape index (κ3) is 6.34. The highest BCUT2D eigenvalue weighted by Gasteiger charge is 2.07. The topological polar surface area (TPSA) is 54.4 Å². The van der Waals surface area contributed by atoms with Gasteiger partial charge < -0.3 is 5.11 Å². The molecule has 0 saturated heterocycles. The molecule has 2 unspecified atom stereocenters. The second-order valence-electron chi connectivity index (χ2n) is 2.97. The van der Waals surface area contributed by atoms with Crippen LogP contribution < -0.4 is 0 Å². The molecule has 0 fully saturated rings. The number of hydrogen-bond donors (Lipinski definition) is 1. The largest absolute Gasteiger partial charge is 0.481 e. The Morgan fingerprint density at radius 3 is 2.58 bits per heavy atom. The molecule has 4 heteroatoms. The van der Waals surface area contributed by atoms with Crippen molar-refractivity contribution in [3.8, 4) is 0 Å². The van der Waals surface area contributed by atoms with E-state index in [1.165, 1.54) is 0 Å². The molecule has 0 aliphatic heterocycles. The molecule has 0 bridgehead atoms. The van der Waals surface area contributed by atoms with Gasteiger partial charge in [-0.25, -0.2) is 0 Å². The lowest BCUT2D eigenvalue weighted by molar-refractivity contribution is -0.136. The van der Waals surface area contributed by atoms with E-state index in [4.69, 9.17) is 5.11 Å². The lowest BCUT2D eigenvalue weighted by atomic mass is 10.2. The van der Waals surface area contributed by atoms with Crippen molar-refractivity contribution in [2.45, 2.75) is 26.7 Å². The van der Waals surface area contributed by atoms with Gasteiger partial charge >= 0.3 is 5.97 Å². The van der Waals surface area contributed by atoms with E-state index in [0.717, 1.165) is 6.42 Å². The number of carboxylic acids is 1. The smallest absolute Gasteiger partial charge is 0.304 e. The first-order valence-corrected chi connectivity index (χ1v) is 5.61. The van der Waals surface area contributed by atoms with Gasteiger partial charge in [-0.2, -0.15) is 0 Å². The average Bonchev–Trinajstić information content (AvgIpc) is 2.00. The fourth-order valence-corrected chi connectivity index (χ4v) is 2.16. The lowest BCUT2D eigenvalue weighted by Crippen LogP contribution is -2.12. The molecule has 3 nitrogen and oxygen atoms in total. The Hall–Kier alpha value is -0.380. The first-order valence-electron chi connectivity index (χ1n) is 4.13. The normalized spacial score (nSPS) is 15.5.